The topological polar surface area (TPSA) is 148 Å². The third kappa shape index (κ3) is 5.47. The number of pyridine rings is 2. The van der Waals surface area contributed by atoms with Crippen LogP contribution in [0, 0.1) is 5.41 Å². The second-order valence-corrected chi connectivity index (χ2v) is 14.7. The Labute approximate surface area is 289 Å². The molecule has 0 radical (unpaired) electrons. The maximum atomic E-state index is 13.8. The Kier molecular flexibility index (Phi) is 7.84. The van der Waals surface area contributed by atoms with Crippen LogP contribution in [0.25, 0.3) is 22.7 Å². The van der Waals surface area contributed by atoms with Gasteiger partial charge in [0.1, 0.15) is 17.2 Å². The maximum absolute atomic E-state index is 13.8. The van der Waals surface area contributed by atoms with E-state index in [0.717, 1.165) is 50.5 Å². The Morgan fingerprint density at radius 3 is 2.56 bits per heavy atom. The Morgan fingerprint density at radius 2 is 1.84 bits per heavy atom. The Morgan fingerprint density at radius 1 is 1.02 bits per heavy atom. The molecule has 14 heteroatoms. The highest BCUT2D eigenvalue weighted by atomic mass is 16.5. The fraction of sp³-hybridized carbons (Fsp3) is 0.444. The van der Waals surface area contributed by atoms with Crippen LogP contribution in [0.2, 0.25) is 0 Å². The van der Waals surface area contributed by atoms with Crippen molar-refractivity contribution < 1.29 is 9.84 Å². The number of hydrogen-bond donors (Lipinski definition) is 2. The van der Waals surface area contributed by atoms with Crippen molar-refractivity contribution in [3.63, 3.8) is 0 Å². The molecule has 5 aromatic rings. The number of piperazine rings is 1. The molecule has 2 saturated heterocycles. The van der Waals surface area contributed by atoms with E-state index in [1.807, 2.05) is 35.0 Å². The molecule has 0 saturated carbocycles. The first-order chi connectivity index (χ1) is 24.0. The van der Waals surface area contributed by atoms with Crippen LogP contribution in [0.4, 0.5) is 17.3 Å². The first-order valence-electron chi connectivity index (χ1n) is 17.1. The van der Waals surface area contributed by atoms with Gasteiger partial charge in [0, 0.05) is 67.6 Å². The number of nitrogens with zero attached hydrogens (tertiary/aromatic N) is 9. The lowest BCUT2D eigenvalue weighted by atomic mass is 9.90. The van der Waals surface area contributed by atoms with Gasteiger partial charge in [-0.05, 0) is 61.9 Å². The van der Waals surface area contributed by atoms with Crippen LogP contribution in [0.15, 0.2) is 58.6 Å². The molecule has 50 heavy (non-hydrogen) atoms. The summed E-state index contributed by atoms with van der Waals surface area (Å²) in [5.74, 6) is 0.951. The van der Waals surface area contributed by atoms with Crippen LogP contribution < -0.4 is 21.3 Å². The van der Waals surface area contributed by atoms with Gasteiger partial charge in [0.2, 0.25) is 5.82 Å². The average molecular weight is 679 g/mol. The van der Waals surface area contributed by atoms with Crippen molar-refractivity contribution in [2.24, 2.45) is 12.5 Å². The first kappa shape index (κ1) is 32.3. The number of hydrogen-bond acceptors (Lipinski definition) is 11. The molecule has 2 fully saturated rings. The fourth-order valence-electron chi connectivity index (χ4n) is 7.78. The minimum absolute atomic E-state index is 0.0301. The average Bonchev–Trinajstić information content (AvgIpc) is 3.56. The molecule has 0 amide bonds. The highest BCUT2D eigenvalue weighted by molar-refractivity contribution is 5.66. The van der Waals surface area contributed by atoms with Gasteiger partial charge < -0.3 is 24.5 Å². The number of ether oxygens (including phenoxy) is 1. The number of aliphatic hydroxyl groups excluding tert-OH is 1. The summed E-state index contributed by atoms with van der Waals surface area (Å²) in [6.07, 6.45) is 8.72. The van der Waals surface area contributed by atoms with Crippen LogP contribution >= 0.6 is 0 Å². The predicted molar refractivity (Wildman–Crippen MR) is 189 cm³/mol. The number of fused-ring (bicyclic) bond motifs is 3. The number of rotatable bonds is 7. The van der Waals surface area contributed by atoms with Crippen molar-refractivity contribution in [1.82, 2.24) is 38.6 Å². The molecule has 2 aliphatic heterocycles. The molecule has 5 aromatic heterocycles. The molecule has 0 spiro atoms. The molecule has 8 rings (SSSR count). The quantitative estimate of drug-likeness (QED) is 0.262. The van der Waals surface area contributed by atoms with Crippen LogP contribution in [-0.2, 0) is 31.2 Å². The molecule has 260 valence electrons. The molecule has 3 aliphatic rings. The summed E-state index contributed by atoms with van der Waals surface area (Å²) in [6, 6.07) is 8.67. The molecule has 2 atom stereocenters. The predicted octanol–water partition coefficient (Wildman–Crippen LogP) is 2.69. The van der Waals surface area contributed by atoms with Crippen molar-refractivity contribution in [3.05, 3.63) is 86.6 Å². The van der Waals surface area contributed by atoms with Gasteiger partial charge >= 0.3 is 5.56 Å². The molecule has 1 aliphatic carbocycles. The molecular weight excluding hydrogens is 636 g/mol. The van der Waals surface area contributed by atoms with Crippen molar-refractivity contribution in [2.45, 2.75) is 65.3 Å². The molecule has 7 heterocycles. The zero-order chi connectivity index (χ0) is 34.9. The van der Waals surface area contributed by atoms with Gasteiger partial charge in [-0.25, -0.2) is 19.6 Å². The van der Waals surface area contributed by atoms with Crippen molar-refractivity contribution in [2.75, 3.05) is 36.5 Å². The SMILES string of the molecule is C[C@@H]1CN(c2ccc(Nc3nc(-c4ccnc(-n5ccn6c7c(cc6c5=O)CC(C)(C)C7)c4CO)nn(C)c3=O)nc2)[C@@H](C)CN1C1COC1. The zero-order valence-electron chi connectivity index (χ0n) is 29.0. The van der Waals surface area contributed by atoms with Crippen LogP contribution in [-0.4, -0.2) is 88.1 Å². The second kappa shape index (κ2) is 12.1. The van der Waals surface area contributed by atoms with E-state index in [1.165, 1.54) is 14.8 Å². The molecule has 0 unspecified atom stereocenters. The van der Waals surface area contributed by atoms with E-state index in [1.54, 1.807) is 25.5 Å². The summed E-state index contributed by atoms with van der Waals surface area (Å²) >= 11 is 0. The summed E-state index contributed by atoms with van der Waals surface area (Å²) in [5.41, 5.74) is 4.18. The highest BCUT2D eigenvalue weighted by Crippen LogP contribution is 2.37. The third-order valence-corrected chi connectivity index (χ3v) is 10.4. The van der Waals surface area contributed by atoms with Gasteiger partial charge in [0.15, 0.2) is 5.82 Å². The van der Waals surface area contributed by atoms with Gasteiger partial charge in [0.25, 0.3) is 5.56 Å². The Hall–Kier alpha value is -4.92. The highest BCUT2D eigenvalue weighted by Gasteiger charge is 2.36. The van der Waals surface area contributed by atoms with Crippen molar-refractivity contribution in [1.29, 1.82) is 0 Å². The van der Waals surface area contributed by atoms with Gasteiger partial charge in [0.05, 0.1) is 37.7 Å². The molecule has 0 aromatic carbocycles. The van der Waals surface area contributed by atoms with Gasteiger partial charge in [-0.15, -0.1) is 5.10 Å². The fourth-order valence-corrected chi connectivity index (χ4v) is 7.78. The largest absolute Gasteiger partial charge is 0.392 e. The number of aliphatic hydroxyl groups is 1. The number of aryl methyl sites for hydroxylation is 1. The monoisotopic (exact) mass is 678 g/mol. The van der Waals surface area contributed by atoms with E-state index < -0.39 is 12.2 Å². The third-order valence-electron chi connectivity index (χ3n) is 10.4. The zero-order valence-corrected chi connectivity index (χ0v) is 29.0. The van der Waals surface area contributed by atoms with Gasteiger partial charge in [-0.2, -0.15) is 0 Å². The molecule has 0 bridgehead atoms. The summed E-state index contributed by atoms with van der Waals surface area (Å²) in [5, 5.41) is 18.1. The summed E-state index contributed by atoms with van der Waals surface area (Å²) in [6.45, 7) is 12.0. The van der Waals surface area contributed by atoms with Crippen LogP contribution in [0.1, 0.15) is 44.5 Å². The van der Waals surface area contributed by atoms with E-state index in [2.05, 4.69) is 62.9 Å². The van der Waals surface area contributed by atoms with E-state index in [9.17, 15) is 14.7 Å². The Bertz CT molecular complexity index is 2220. The molecule has 2 N–H and O–H groups in total. The number of anilines is 3. The standard InChI is InChI=1S/C36H42N10O4/c1-21-17-46(25-19-50-20-25)22(2)16-45(21)24-6-7-30(38-15-24)39-32-35(49)42(5)41-31(40-32)26-8-9-37-33(27(26)18-47)44-11-10-43-28(34(44)48)12-23-13-36(3,4)14-29(23)43/h6-12,15,21-22,25,47H,13-14,16-20H2,1-5H3,(H,38,39,40,41)/t21-,22+/m0/s1. The summed E-state index contributed by atoms with van der Waals surface area (Å²) in [4.78, 5) is 45.6. The summed E-state index contributed by atoms with van der Waals surface area (Å²) < 4.78 is 10.0. The van der Waals surface area contributed by atoms with Crippen LogP contribution in [0.3, 0.4) is 0 Å². The lowest BCUT2D eigenvalue weighted by Crippen LogP contribution is -2.63. The normalized spacial score (nSPS) is 20.6. The van der Waals surface area contributed by atoms with Crippen molar-refractivity contribution in [3.8, 4) is 17.2 Å². The second-order valence-electron chi connectivity index (χ2n) is 14.7. The number of nitrogens with one attached hydrogen (secondary N) is 1. The molecule has 14 nitrogen and oxygen atoms in total. The van der Waals surface area contributed by atoms with Crippen LogP contribution in [0.5, 0.6) is 0 Å². The van der Waals surface area contributed by atoms with E-state index >= 15 is 0 Å². The molecular formula is C36H42N10O4. The minimum Gasteiger partial charge on any atom is -0.392 e. The maximum Gasteiger partial charge on any atom is 0.309 e. The first-order valence-corrected chi connectivity index (χ1v) is 17.1. The van der Waals surface area contributed by atoms with E-state index in [-0.39, 0.29) is 28.4 Å². The van der Waals surface area contributed by atoms with Gasteiger partial charge in [-0.3, -0.25) is 19.1 Å². The minimum atomic E-state index is -0.441. The van der Waals surface area contributed by atoms with Crippen molar-refractivity contribution >= 4 is 22.8 Å². The Balaban J connectivity index is 1.07. The smallest absolute Gasteiger partial charge is 0.309 e. The number of aromatic nitrogens is 7. The lowest BCUT2D eigenvalue weighted by Gasteiger charge is -2.50. The van der Waals surface area contributed by atoms with E-state index in [0.29, 0.717) is 40.6 Å². The lowest BCUT2D eigenvalue weighted by molar-refractivity contribution is -0.0828. The summed E-state index contributed by atoms with van der Waals surface area (Å²) in [7, 11) is 1.54. The van der Waals surface area contributed by atoms with E-state index in [4.69, 9.17) is 4.74 Å². The van der Waals surface area contributed by atoms with Gasteiger partial charge in [-0.1, -0.05) is 13.8 Å².